The van der Waals surface area contributed by atoms with Crippen LogP contribution in [0.4, 0.5) is 0 Å². The molecule has 1 aromatic carbocycles. The lowest BCUT2D eigenvalue weighted by Crippen LogP contribution is -2.45. The second kappa shape index (κ2) is 8.73. The van der Waals surface area contributed by atoms with Gasteiger partial charge in [-0.1, -0.05) is 31.4 Å². The van der Waals surface area contributed by atoms with Gasteiger partial charge in [0.2, 0.25) is 0 Å². The smallest absolute Gasteiger partial charge is 0.318 e. The van der Waals surface area contributed by atoms with E-state index in [1.807, 2.05) is 6.07 Å². The molecule has 2 unspecified atom stereocenters. The van der Waals surface area contributed by atoms with Gasteiger partial charge in [-0.05, 0) is 71.1 Å². The molecule has 0 N–H and O–H groups in total. The number of fused-ring (bicyclic) bond motifs is 3. The van der Waals surface area contributed by atoms with Gasteiger partial charge in [0.25, 0.3) is 0 Å². The first-order valence-corrected chi connectivity index (χ1v) is 10.9. The maximum atomic E-state index is 12.3. The minimum atomic E-state index is -0.497. The van der Waals surface area contributed by atoms with Crippen molar-refractivity contribution in [2.75, 3.05) is 0 Å². The molecule has 29 heavy (non-hydrogen) atoms. The number of esters is 1. The van der Waals surface area contributed by atoms with Crippen molar-refractivity contribution < 1.29 is 19.1 Å². The van der Waals surface area contributed by atoms with Crippen LogP contribution in [-0.4, -0.2) is 17.4 Å². The van der Waals surface area contributed by atoms with Crippen LogP contribution < -0.4 is 9.47 Å². The molecule has 3 rings (SSSR count). The summed E-state index contributed by atoms with van der Waals surface area (Å²) in [5, 5.41) is 0. The van der Waals surface area contributed by atoms with Gasteiger partial charge in [0, 0.05) is 17.4 Å². The van der Waals surface area contributed by atoms with Crippen molar-refractivity contribution in [2.45, 2.75) is 91.1 Å². The number of unbranched alkanes of at least 4 members (excludes halogenated alkanes) is 2. The Balaban J connectivity index is 2.05. The number of ether oxygens (including phenoxy) is 2. The molecule has 0 radical (unpaired) electrons. The lowest BCUT2D eigenvalue weighted by molar-refractivity contribution is -0.137. The number of benzene rings is 1. The average Bonchev–Trinajstić information content (AvgIpc) is 2.60. The Morgan fingerprint density at radius 2 is 2.00 bits per heavy atom. The molecule has 0 saturated carbocycles. The van der Waals surface area contributed by atoms with E-state index in [1.54, 1.807) is 0 Å². The Labute approximate surface area is 174 Å². The first kappa shape index (κ1) is 21.6. The summed E-state index contributed by atoms with van der Waals surface area (Å²) < 4.78 is 12.2. The SMILES string of the molecule is CCCCCc1cc(OC(=O)CC(C)=O)c2c(c1)OC(C)(C)C1CCC(C)=CC21. The molecule has 158 valence electrons. The van der Waals surface area contributed by atoms with Gasteiger partial charge in [-0.2, -0.15) is 0 Å². The lowest BCUT2D eigenvalue weighted by Gasteiger charge is -2.46. The van der Waals surface area contributed by atoms with Crippen LogP contribution in [-0.2, 0) is 16.0 Å². The van der Waals surface area contributed by atoms with Crippen molar-refractivity contribution in [3.8, 4) is 11.5 Å². The fraction of sp³-hybridized carbons (Fsp3) is 0.600. The molecule has 1 heterocycles. The Kier molecular flexibility index (Phi) is 6.50. The maximum absolute atomic E-state index is 12.3. The van der Waals surface area contributed by atoms with Gasteiger partial charge in [0.05, 0.1) is 0 Å². The molecule has 2 atom stereocenters. The van der Waals surface area contributed by atoms with Crippen LogP contribution in [0.1, 0.15) is 90.2 Å². The highest BCUT2D eigenvalue weighted by atomic mass is 16.5. The summed E-state index contributed by atoms with van der Waals surface area (Å²) in [6.45, 7) is 10.1. The second-order valence-corrected chi connectivity index (χ2v) is 9.21. The van der Waals surface area contributed by atoms with E-state index >= 15 is 0 Å². The predicted molar refractivity (Wildman–Crippen MR) is 115 cm³/mol. The number of hydrogen-bond acceptors (Lipinski definition) is 4. The minimum absolute atomic E-state index is 0.160. The summed E-state index contributed by atoms with van der Waals surface area (Å²) in [6, 6.07) is 4.12. The van der Waals surface area contributed by atoms with E-state index in [0.29, 0.717) is 11.7 Å². The molecule has 4 heteroatoms. The van der Waals surface area contributed by atoms with Crippen LogP contribution in [0.5, 0.6) is 11.5 Å². The number of hydrogen-bond donors (Lipinski definition) is 0. The zero-order chi connectivity index (χ0) is 21.2. The number of rotatable bonds is 7. The molecule has 1 aromatic rings. The Hall–Kier alpha value is -2.10. The third kappa shape index (κ3) is 4.91. The number of aryl methyl sites for hydroxylation is 1. The predicted octanol–water partition coefficient (Wildman–Crippen LogP) is 5.91. The highest BCUT2D eigenvalue weighted by molar-refractivity contribution is 5.95. The normalized spacial score (nSPS) is 22.0. The first-order valence-electron chi connectivity index (χ1n) is 10.9. The molecule has 0 saturated heterocycles. The molecule has 1 aliphatic carbocycles. The second-order valence-electron chi connectivity index (χ2n) is 9.21. The summed E-state index contributed by atoms with van der Waals surface area (Å²) in [5.41, 5.74) is 3.17. The van der Waals surface area contributed by atoms with Gasteiger partial charge in [0.15, 0.2) is 0 Å². The van der Waals surface area contributed by atoms with Gasteiger partial charge < -0.3 is 9.47 Å². The number of allylic oxidation sites excluding steroid dienone is 2. The van der Waals surface area contributed by atoms with Gasteiger partial charge in [-0.15, -0.1) is 0 Å². The van der Waals surface area contributed by atoms with Crippen molar-refractivity contribution in [3.05, 3.63) is 34.9 Å². The number of carbonyl (C=O) groups excluding carboxylic acids is 2. The molecule has 4 nitrogen and oxygen atoms in total. The van der Waals surface area contributed by atoms with Crippen LogP contribution in [0, 0.1) is 5.92 Å². The van der Waals surface area contributed by atoms with Crippen LogP contribution in [0.3, 0.4) is 0 Å². The molecular weight excluding hydrogens is 364 g/mol. The van der Waals surface area contributed by atoms with Gasteiger partial charge in [0.1, 0.15) is 29.3 Å². The van der Waals surface area contributed by atoms with E-state index in [9.17, 15) is 9.59 Å². The number of Topliss-reactive ketones (excluding diaryl/α,β-unsaturated/α-hetero) is 1. The number of carbonyl (C=O) groups is 2. The van der Waals surface area contributed by atoms with E-state index < -0.39 is 5.97 Å². The van der Waals surface area contributed by atoms with Crippen molar-refractivity contribution in [3.63, 3.8) is 0 Å². The van der Waals surface area contributed by atoms with Gasteiger partial charge >= 0.3 is 5.97 Å². The van der Waals surface area contributed by atoms with E-state index in [-0.39, 0.29) is 23.7 Å². The van der Waals surface area contributed by atoms with Gasteiger partial charge in [-0.25, -0.2) is 0 Å². The van der Waals surface area contributed by atoms with Crippen LogP contribution >= 0.6 is 0 Å². The van der Waals surface area contributed by atoms with Crippen LogP contribution in [0.25, 0.3) is 0 Å². The molecule has 2 aliphatic rings. The largest absolute Gasteiger partial charge is 0.487 e. The third-order valence-corrected chi connectivity index (χ3v) is 6.20. The minimum Gasteiger partial charge on any atom is -0.487 e. The highest BCUT2D eigenvalue weighted by Gasteiger charge is 2.45. The molecule has 0 bridgehead atoms. The Morgan fingerprint density at radius 1 is 1.24 bits per heavy atom. The average molecular weight is 399 g/mol. The van der Waals surface area contributed by atoms with Crippen LogP contribution in [0.2, 0.25) is 0 Å². The monoisotopic (exact) mass is 398 g/mol. The zero-order valence-electron chi connectivity index (χ0n) is 18.5. The fourth-order valence-corrected chi connectivity index (χ4v) is 4.73. The van der Waals surface area contributed by atoms with Crippen molar-refractivity contribution in [1.82, 2.24) is 0 Å². The quantitative estimate of drug-likeness (QED) is 0.188. The van der Waals surface area contributed by atoms with Crippen molar-refractivity contribution in [2.24, 2.45) is 5.92 Å². The molecule has 0 fully saturated rings. The first-order chi connectivity index (χ1) is 13.7. The van der Waals surface area contributed by atoms with Gasteiger partial charge in [-0.3, -0.25) is 9.59 Å². The Morgan fingerprint density at radius 3 is 2.69 bits per heavy atom. The zero-order valence-corrected chi connectivity index (χ0v) is 18.5. The highest BCUT2D eigenvalue weighted by Crippen LogP contribution is 2.53. The van der Waals surface area contributed by atoms with Crippen molar-refractivity contribution >= 4 is 11.8 Å². The lowest BCUT2D eigenvalue weighted by atomic mass is 9.68. The van der Waals surface area contributed by atoms with E-state index in [2.05, 4.69) is 39.8 Å². The summed E-state index contributed by atoms with van der Waals surface area (Å²) in [7, 11) is 0. The van der Waals surface area contributed by atoms with E-state index in [1.165, 1.54) is 12.5 Å². The molecule has 1 aliphatic heterocycles. The summed E-state index contributed by atoms with van der Waals surface area (Å²) >= 11 is 0. The molecule has 0 amide bonds. The van der Waals surface area contributed by atoms with Crippen LogP contribution in [0.15, 0.2) is 23.8 Å². The fourth-order valence-electron chi connectivity index (χ4n) is 4.73. The summed E-state index contributed by atoms with van der Waals surface area (Å²) in [6.07, 6.45) is 8.56. The topological polar surface area (TPSA) is 52.6 Å². The standard InChI is InChI=1S/C25H34O4/c1-6-7-8-9-18-14-21(28-23(27)13-17(3)26)24-19-12-16(2)10-11-20(19)25(4,5)29-22(24)15-18/h12,14-15,19-20H,6-11,13H2,1-5H3. The Bertz CT molecular complexity index is 818. The summed E-state index contributed by atoms with van der Waals surface area (Å²) in [4.78, 5) is 23.7. The molecule has 0 spiro atoms. The third-order valence-electron chi connectivity index (χ3n) is 6.20. The van der Waals surface area contributed by atoms with Crippen molar-refractivity contribution in [1.29, 1.82) is 0 Å². The molecular formula is C25H34O4. The van der Waals surface area contributed by atoms with E-state index in [4.69, 9.17) is 9.47 Å². The summed E-state index contributed by atoms with van der Waals surface area (Å²) in [5.74, 6) is 1.19. The molecule has 0 aromatic heterocycles. The maximum Gasteiger partial charge on any atom is 0.318 e. The number of ketones is 1. The van der Waals surface area contributed by atoms with E-state index in [0.717, 1.165) is 55.4 Å².